The number of benzene rings is 1. The van der Waals surface area contributed by atoms with E-state index >= 15 is 4.79 Å². The van der Waals surface area contributed by atoms with E-state index in [9.17, 15) is 143 Å². The first-order valence-electron chi connectivity index (χ1n) is 51.2. The highest BCUT2D eigenvalue weighted by atomic mass is 16.8. The van der Waals surface area contributed by atoms with Crippen LogP contribution >= 0.6 is 0 Å². The number of rotatable bonds is 29. The van der Waals surface area contributed by atoms with E-state index in [2.05, 4.69) is 54.5 Å². The first-order valence-corrected chi connectivity index (χ1v) is 51.2. The molecule has 51 heteroatoms. The highest BCUT2D eigenvalue weighted by molar-refractivity contribution is 5.87. The van der Waals surface area contributed by atoms with Crippen LogP contribution in [0.15, 0.2) is 35.9 Å². The number of carbonyl (C=O) groups is 2. The van der Waals surface area contributed by atoms with Gasteiger partial charge in [-0.05, 0) is 154 Å². The molecule has 0 radical (unpaired) electrons. The van der Waals surface area contributed by atoms with Crippen molar-refractivity contribution in [1.29, 1.82) is 0 Å². The number of ether oxygens (including phenoxy) is 22. The Labute approximate surface area is 857 Å². The monoisotopic (exact) mass is 2140 g/mol. The second kappa shape index (κ2) is 46.4. The van der Waals surface area contributed by atoms with Gasteiger partial charge in [-0.1, -0.05) is 66.2 Å². The van der Waals surface area contributed by atoms with Crippen LogP contribution in [0.5, 0.6) is 11.5 Å². The number of aliphatic hydroxyl groups is 26. The highest BCUT2D eigenvalue weighted by Gasteiger charge is 2.72. The summed E-state index contributed by atoms with van der Waals surface area (Å²) in [5.74, 6) is -2.51. The van der Waals surface area contributed by atoms with E-state index in [1.807, 2.05) is 0 Å². The van der Waals surface area contributed by atoms with Crippen LogP contribution in [0.3, 0.4) is 0 Å². The number of fused-ring (bicyclic) bond motifs is 7. The molecule has 1 aromatic rings. The van der Waals surface area contributed by atoms with Crippen molar-refractivity contribution >= 4 is 18.0 Å². The minimum absolute atomic E-state index is 0.00845. The fourth-order valence-corrected chi connectivity index (χ4v) is 25.7. The predicted molar refractivity (Wildman–Crippen MR) is 490 cm³/mol. The van der Waals surface area contributed by atoms with Gasteiger partial charge >= 0.3 is 11.9 Å². The summed E-state index contributed by atoms with van der Waals surface area (Å²) >= 11 is 0. The summed E-state index contributed by atoms with van der Waals surface area (Å²) < 4.78 is 131. The third-order valence-electron chi connectivity index (χ3n) is 35.0. The number of carbonyl (C=O) groups excluding carboxylic acids is 2. The number of methoxy groups -OCH3 is 1. The van der Waals surface area contributed by atoms with Crippen molar-refractivity contribution in [2.24, 2.45) is 50.2 Å². The van der Waals surface area contributed by atoms with Gasteiger partial charge in [0, 0.05) is 6.08 Å². The number of hydrogen-bond donors (Lipinski definition) is 27. The molecule has 10 heterocycles. The van der Waals surface area contributed by atoms with Crippen molar-refractivity contribution in [2.45, 2.75) is 434 Å². The Balaban J connectivity index is 0.546. The summed E-state index contributed by atoms with van der Waals surface area (Å²) in [7, 11) is 1.30. The Bertz CT molecular complexity index is 4660. The van der Waals surface area contributed by atoms with E-state index < -0.39 is 375 Å². The Morgan fingerprint density at radius 3 is 1.50 bits per heavy atom. The average Bonchev–Trinajstić information content (AvgIpc) is 0.671. The summed E-state index contributed by atoms with van der Waals surface area (Å²) in [5, 5.41) is 302. The lowest BCUT2D eigenvalue weighted by Gasteiger charge is -2.71. The smallest absolute Gasteiger partial charge is 0.331 e. The van der Waals surface area contributed by atoms with Gasteiger partial charge in [-0.25, -0.2) is 4.79 Å². The maximum absolute atomic E-state index is 15.5. The third kappa shape index (κ3) is 22.3. The summed E-state index contributed by atoms with van der Waals surface area (Å²) in [6.45, 7) is 14.0. The highest BCUT2D eigenvalue weighted by Crippen LogP contribution is 2.76. The fraction of sp³-hybridized carbons (Fsp3) is 0.878. The second-order valence-corrected chi connectivity index (χ2v) is 44.9. The van der Waals surface area contributed by atoms with Gasteiger partial charge in [0.1, 0.15) is 208 Å². The van der Waals surface area contributed by atoms with E-state index in [-0.39, 0.29) is 51.1 Å². The molecular weight excluding hydrogens is 1990 g/mol. The molecule has 10 aliphatic heterocycles. The molecule has 0 amide bonds. The summed E-state index contributed by atoms with van der Waals surface area (Å²) in [5.41, 5.74) is -1.87. The lowest BCUT2D eigenvalue weighted by atomic mass is 9.33. The van der Waals surface area contributed by atoms with Crippen LogP contribution in [0.25, 0.3) is 6.08 Å². The Kier molecular flexibility index (Phi) is 36.4. The molecule has 15 aliphatic rings. The molecule has 850 valence electrons. The van der Waals surface area contributed by atoms with Crippen molar-refractivity contribution in [3.8, 4) is 11.5 Å². The number of hydrogen-bond acceptors (Lipinski definition) is 51. The van der Waals surface area contributed by atoms with Crippen LogP contribution in [-0.4, -0.2) is 504 Å². The summed E-state index contributed by atoms with van der Waals surface area (Å²) in [6.07, 6.45) is -77.9. The number of allylic oxidation sites excluding steroid dienone is 2. The van der Waals surface area contributed by atoms with Crippen LogP contribution in [0.4, 0.5) is 0 Å². The largest absolute Gasteiger partial charge is 0.504 e. The van der Waals surface area contributed by atoms with E-state index in [1.165, 1.54) is 46.1 Å². The molecule has 0 bridgehead atoms. The molecule has 1 aromatic carbocycles. The van der Waals surface area contributed by atoms with E-state index in [4.69, 9.17) is 104 Å². The molecule has 5 aliphatic carbocycles. The van der Waals surface area contributed by atoms with Gasteiger partial charge in [0.25, 0.3) is 0 Å². The average molecular weight is 2150 g/mol. The van der Waals surface area contributed by atoms with E-state index in [0.717, 1.165) is 30.6 Å². The summed E-state index contributed by atoms with van der Waals surface area (Å²) in [6, 6.07) is 4.02. The van der Waals surface area contributed by atoms with Gasteiger partial charge in [-0.3, -0.25) is 4.79 Å². The molecule has 0 spiro atoms. The molecular formula is C98H152O51. The summed E-state index contributed by atoms with van der Waals surface area (Å²) in [4.78, 5) is 29.5. The SMILES string of the molecule is COc1ccc(C=CC(=O)O[C@H]2[C@H](O[C@H]3[C@H](O)[C@@H](O)[C@H](O[C@@H]4CO[C@@H](O[C@@H]5[C@@H](O)[C@H](C)O[C@@H](O[C@H]6[C@H](O[C@H]7CC[C@]8(C)[C@H]9CC=C%10C%11CC(C)(C)CC[C@]%11(C(=O)O[C@@H]%11O[C@H](CO[C@@H]%12O[C@H](CO)[C@@H](O[C@@H]%13O[C@@H](C)[C@H](O)[C@@H](O)[C@H]%13O)[C@H](O)[C@H]%12O)[C@@H](O)[C@H](O)[C@H]%11O)CC[C@@]%10(C)[C@]9(C)CC[C@H]8C7(C)C)OC[C@H](O)[C@@H]6O)[C@@H]5O)[C@H](O)[C@@H]4O)O[C@@H]3CO)O[C@H](CO)[C@@H](O)[C@@H]2O[C@@H]2O[C@H](CO[C@@H]3O[C@@H](C)[C@H](O)[C@@H](O)[C@H]3O)[C@@H](O)[C@H](O)[C@H]2O)cc1O. The predicted octanol–water partition coefficient (Wildman–Crippen LogP) is -8.75. The Hall–Kier alpha value is -4.56. The van der Waals surface area contributed by atoms with Crippen LogP contribution < -0.4 is 4.74 Å². The third-order valence-corrected chi connectivity index (χ3v) is 35.0. The number of aliphatic hydroxyl groups excluding tert-OH is 26. The molecule has 4 saturated carbocycles. The van der Waals surface area contributed by atoms with Gasteiger partial charge in [0.2, 0.25) is 6.29 Å². The van der Waals surface area contributed by atoms with Gasteiger partial charge in [-0.15, -0.1) is 0 Å². The number of phenols is 1. The Morgan fingerprint density at radius 1 is 0.403 bits per heavy atom. The molecule has 0 aromatic heterocycles. The molecule has 16 rings (SSSR count). The van der Waals surface area contributed by atoms with Crippen molar-refractivity contribution in [3.63, 3.8) is 0 Å². The first-order chi connectivity index (χ1) is 70.2. The first kappa shape index (κ1) is 117. The lowest BCUT2D eigenvalue weighted by Crippen LogP contribution is -2.68. The number of esters is 2. The fourth-order valence-electron chi connectivity index (χ4n) is 25.7. The molecule has 10 saturated heterocycles. The van der Waals surface area contributed by atoms with Gasteiger partial charge < -0.3 is 242 Å². The normalized spacial score (nSPS) is 51.1. The molecule has 1 unspecified atom stereocenters. The van der Waals surface area contributed by atoms with Crippen LogP contribution in [0.2, 0.25) is 0 Å². The van der Waals surface area contributed by atoms with E-state index in [0.29, 0.717) is 51.4 Å². The van der Waals surface area contributed by atoms with Gasteiger partial charge in [0.05, 0.1) is 83.2 Å². The number of phenolic OH excluding ortho intramolecular Hbond substituents is 1. The van der Waals surface area contributed by atoms with Crippen molar-refractivity contribution in [3.05, 3.63) is 41.5 Å². The van der Waals surface area contributed by atoms with E-state index in [1.54, 1.807) is 0 Å². The molecule has 56 atom stereocenters. The van der Waals surface area contributed by atoms with Crippen molar-refractivity contribution < 1.29 is 252 Å². The molecule has 14 fully saturated rings. The number of aromatic hydroxyl groups is 1. The van der Waals surface area contributed by atoms with Gasteiger partial charge in [-0.2, -0.15) is 0 Å². The lowest BCUT2D eigenvalue weighted by molar-refractivity contribution is -0.391. The minimum Gasteiger partial charge on any atom is -0.504 e. The van der Waals surface area contributed by atoms with Gasteiger partial charge in [0.15, 0.2) is 74.2 Å². The second-order valence-electron chi connectivity index (χ2n) is 44.9. The van der Waals surface area contributed by atoms with Crippen LogP contribution in [0, 0.1) is 50.2 Å². The maximum Gasteiger partial charge on any atom is 0.331 e. The van der Waals surface area contributed by atoms with Crippen molar-refractivity contribution in [2.75, 3.05) is 53.4 Å². The zero-order chi connectivity index (χ0) is 108. The zero-order valence-electron chi connectivity index (χ0n) is 84.4. The van der Waals surface area contributed by atoms with Crippen molar-refractivity contribution in [1.82, 2.24) is 0 Å². The Morgan fingerprint density at radius 2 is 0.886 bits per heavy atom. The minimum atomic E-state index is -2.27. The van der Waals surface area contributed by atoms with Crippen LogP contribution in [-0.2, 0) is 109 Å². The molecule has 27 N–H and O–H groups in total. The molecule has 149 heavy (non-hydrogen) atoms. The topological polar surface area (TPSA) is 783 Å². The zero-order valence-corrected chi connectivity index (χ0v) is 84.4. The maximum atomic E-state index is 15.5. The van der Waals surface area contributed by atoms with Crippen LogP contribution in [0.1, 0.15) is 139 Å². The molecule has 51 nitrogen and oxygen atoms in total. The standard InChI is InChI=1S/C98H152O51/c1-35-54(105)62(113)69(120)82(133-35)130-32-47-58(109)64(115)71(122)87(140-47)147-79-61(112)44(28-99)136-91(81(79)143-53(104)17-13-38-12-15-43(128-11)41(102)26-38)145-77-46(30-101)138-86(74(125)67(77)118)139-49-34-132-84(68(119)60(49)111)146-78-56(107)37(3)135-89(75(78)126)148-80-57(108)42(103)31-129-90(80)142-52-19-20-95(8)50(94(52,6)7)18-21-97(10)51(95)16-14-39-40-27-93(4,5)22-24-98(40,25-23-96(39,97)9)92(127)149-88-72(123)65(116)59(110)48(141-88)33-131-83-73(124)66(117)76(45(29-100)137-83)144-85-70(121)63(114)55(106)36(2)134-85/h12-15,17,26,35-37,40,42,44-52,54-91,99-103,105-126H,16,18-25,27-34H2,1-11H3/t35-,36-,37-,40?,42-,44+,45+,46+,47+,48+,49+,50-,51+,52-,54-,55-,56-,57-,58+,59+,60+,61+,62+,63+,64-,65-,66+,67+,68+,69+,70+,71+,72+,73+,74+,75+,76+,77+,78+,79-,80+,81+,82+,83+,84-,85-,86-,87-,88-,89-,90-,91-,95-,96+,97+,98-/m0/s1. The quantitative estimate of drug-likeness (QED) is 0.0153.